The van der Waals surface area contributed by atoms with Crippen LogP contribution in [0.2, 0.25) is 0 Å². The van der Waals surface area contributed by atoms with E-state index in [0.29, 0.717) is 32.7 Å². The molecule has 2 aliphatic heterocycles. The van der Waals surface area contributed by atoms with Crippen LogP contribution in [0.1, 0.15) is 25.3 Å². The summed E-state index contributed by atoms with van der Waals surface area (Å²) in [6.07, 6.45) is 1.03. The summed E-state index contributed by atoms with van der Waals surface area (Å²) in [6.45, 7) is 3.78. The maximum absolute atomic E-state index is 9.81. The Kier molecular flexibility index (Phi) is 2.92. The fourth-order valence-electron chi connectivity index (χ4n) is 2.60. The van der Waals surface area contributed by atoms with Crippen molar-refractivity contribution in [1.29, 1.82) is 0 Å². The number of aliphatic hydroxyl groups excluding tert-OH is 1. The van der Waals surface area contributed by atoms with Gasteiger partial charge < -0.3 is 19.3 Å². The van der Waals surface area contributed by atoms with Crippen molar-refractivity contribution in [2.45, 2.75) is 31.5 Å². The Morgan fingerprint density at radius 3 is 2.72 bits per heavy atom. The molecular weight excluding hydrogens is 232 g/mol. The molecule has 1 N–H and O–H groups in total. The summed E-state index contributed by atoms with van der Waals surface area (Å²) in [7, 11) is 0. The fraction of sp³-hybridized carbons (Fsp3) is 0.571. The number of ether oxygens (including phenoxy) is 3. The second-order valence-electron chi connectivity index (χ2n) is 5.08. The van der Waals surface area contributed by atoms with Gasteiger partial charge in [0.2, 0.25) is 0 Å². The molecule has 1 aromatic carbocycles. The maximum atomic E-state index is 9.81. The van der Waals surface area contributed by atoms with Gasteiger partial charge in [-0.3, -0.25) is 0 Å². The lowest BCUT2D eigenvalue weighted by molar-refractivity contribution is -0.112. The lowest BCUT2D eigenvalue weighted by atomic mass is 9.86. The van der Waals surface area contributed by atoms with Gasteiger partial charge in [0.15, 0.2) is 11.5 Å². The highest BCUT2D eigenvalue weighted by Crippen LogP contribution is 2.39. The third-order valence-electron chi connectivity index (χ3n) is 3.65. The highest BCUT2D eigenvalue weighted by atomic mass is 16.6. The van der Waals surface area contributed by atoms with Crippen LogP contribution >= 0.6 is 0 Å². The van der Waals surface area contributed by atoms with Crippen molar-refractivity contribution < 1.29 is 19.3 Å². The molecule has 2 unspecified atom stereocenters. The van der Waals surface area contributed by atoms with Crippen LogP contribution in [0.4, 0.5) is 0 Å². The van der Waals surface area contributed by atoms with E-state index in [1.807, 2.05) is 25.1 Å². The summed E-state index contributed by atoms with van der Waals surface area (Å²) >= 11 is 0. The molecule has 0 amide bonds. The normalized spacial score (nSPS) is 31.1. The van der Waals surface area contributed by atoms with Crippen LogP contribution < -0.4 is 9.47 Å². The lowest BCUT2D eigenvalue weighted by Gasteiger charge is -2.37. The van der Waals surface area contributed by atoms with E-state index in [2.05, 4.69) is 0 Å². The zero-order valence-corrected chi connectivity index (χ0v) is 10.5. The second kappa shape index (κ2) is 4.44. The second-order valence-corrected chi connectivity index (χ2v) is 5.08. The fourth-order valence-corrected chi connectivity index (χ4v) is 2.60. The molecule has 1 aromatic rings. The standard InChI is InChI=1S/C14H18O4/c1-14(9-11(15)4-5-18-14)10-2-3-12-13(8-10)17-7-6-16-12/h2-3,8,11,15H,4-7,9H2,1H3. The molecule has 0 saturated carbocycles. The molecule has 0 bridgehead atoms. The maximum Gasteiger partial charge on any atom is 0.161 e. The zero-order chi connectivity index (χ0) is 12.6. The summed E-state index contributed by atoms with van der Waals surface area (Å²) in [5, 5.41) is 9.81. The Morgan fingerprint density at radius 2 is 1.94 bits per heavy atom. The van der Waals surface area contributed by atoms with E-state index >= 15 is 0 Å². The molecule has 1 saturated heterocycles. The first-order valence-corrected chi connectivity index (χ1v) is 6.39. The molecule has 3 rings (SSSR count). The quantitative estimate of drug-likeness (QED) is 0.826. The highest BCUT2D eigenvalue weighted by molar-refractivity contribution is 5.45. The van der Waals surface area contributed by atoms with E-state index in [-0.39, 0.29) is 6.10 Å². The van der Waals surface area contributed by atoms with Gasteiger partial charge in [0, 0.05) is 6.42 Å². The van der Waals surface area contributed by atoms with E-state index in [4.69, 9.17) is 14.2 Å². The van der Waals surface area contributed by atoms with E-state index < -0.39 is 5.60 Å². The van der Waals surface area contributed by atoms with Gasteiger partial charge in [0.25, 0.3) is 0 Å². The molecule has 1 fully saturated rings. The van der Waals surface area contributed by atoms with Crippen molar-refractivity contribution in [3.63, 3.8) is 0 Å². The molecule has 0 radical (unpaired) electrons. The smallest absolute Gasteiger partial charge is 0.161 e. The van der Waals surface area contributed by atoms with E-state index in [1.54, 1.807) is 0 Å². The molecule has 18 heavy (non-hydrogen) atoms. The van der Waals surface area contributed by atoms with Crippen LogP contribution in [0.3, 0.4) is 0 Å². The van der Waals surface area contributed by atoms with Gasteiger partial charge in [-0.05, 0) is 31.0 Å². The Morgan fingerprint density at radius 1 is 1.17 bits per heavy atom. The number of rotatable bonds is 1. The van der Waals surface area contributed by atoms with Crippen LogP contribution in [-0.4, -0.2) is 31.0 Å². The first-order valence-electron chi connectivity index (χ1n) is 6.39. The van der Waals surface area contributed by atoms with E-state index in [1.165, 1.54) is 0 Å². The molecule has 4 nitrogen and oxygen atoms in total. The predicted molar refractivity (Wildman–Crippen MR) is 66.0 cm³/mol. The van der Waals surface area contributed by atoms with Crippen LogP contribution in [0, 0.1) is 0 Å². The molecule has 0 spiro atoms. The van der Waals surface area contributed by atoms with Crippen molar-refractivity contribution in [2.75, 3.05) is 19.8 Å². The van der Waals surface area contributed by atoms with Gasteiger partial charge in [-0.15, -0.1) is 0 Å². The van der Waals surface area contributed by atoms with Crippen LogP contribution in [-0.2, 0) is 10.3 Å². The minimum absolute atomic E-state index is 0.294. The topological polar surface area (TPSA) is 47.9 Å². The van der Waals surface area contributed by atoms with E-state index in [9.17, 15) is 5.11 Å². The molecular formula is C14H18O4. The summed E-state index contributed by atoms with van der Waals surface area (Å²) in [6, 6.07) is 5.87. The van der Waals surface area contributed by atoms with Crippen LogP contribution in [0.15, 0.2) is 18.2 Å². The van der Waals surface area contributed by atoms with Crippen molar-refractivity contribution in [3.8, 4) is 11.5 Å². The van der Waals surface area contributed by atoms with Gasteiger partial charge in [-0.25, -0.2) is 0 Å². The van der Waals surface area contributed by atoms with Gasteiger partial charge in [-0.1, -0.05) is 6.07 Å². The van der Waals surface area contributed by atoms with Crippen molar-refractivity contribution in [2.24, 2.45) is 0 Å². The largest absolute Gasteiger partial charge is 0.486 e. The Balaban J connectivity index is 1.91. The number of aliphatic hydroxyl groups is 1. The zero-order valence-electron chi connectivity index (χ0n) is 10.5. The SMILES string of the molecule is CC1(c2ccc3c(c2)OCCO3)CC(O)CCO1. The third-order valence-corrected chi connectivity index (χ3v) is 3.65. The Labute approximate surface area is 106 Å². The van der Waals surface area contributed by atoms with Crippen molar-refractivity contribution in [1.82, 2.24) is 0 Å². The number of fused-ring (bicyclic) bond motifs is 1. The number of hydrogen-bond donors (Lipinski definition) is 1. The van der Waals surface area contributed by atoms with Crippen LogP contribution in [0.25, 0.3) is 0 Å². The molecule has 2 atom stereocenters. The molecule has 0 aliphatic carbocycles. The molecule has 2 aliphatic rings. The van der Waals surface area contributed by atoms with E-state index in [0.717, 1.165) is 17.1 Å². The minimum Gasteiger partial charge on any atom is -0.486 e. The van der Waals surface area contributed by atoms with Gasteiger partial charge in [-0.2, -0.15) is 0 Å². The first-order chi connectivity index (χ1) is 8.67. The highest BCUT2D eigenvalue weighted by Gasteiger charge is 2.35. The predicted octanol–water partition coefficient (Wildman–Crippen LogP) is 1.84. The first kappa shape index (κ1) is 11.8. The minimum atomic E-state index is -0.437. The number of benzene rings is 1. The monoisotopic (exact) mass is 250 g/mol. The summed E-state index contributed by atoms with van der Waals surface area (Å²) in [5.41, 5.74) is 0.596. The average molecular weight is 250 g/mol. The van der Waals surface area contributed by atoms with Crippen molar-refractivity contribution >= 4 is 0 Å². The van der Waals surface area contributed by atoms with Gasteiger partial charge in [0.05, 0.1) is 18.3 Å². The van der Waals surface area contributed by atoms with Crippen LogP contribution in [0.5, 0.6) is 11.5 Å². The lowest BCUT2D eigenvalue weighted by Crippen LogP contribution is -2.37. The summed E-state index contributed by atoms with van der Waals surface area (Å²) in [4.78, 5) is 0. The Hall–Kier alpha value is -1.26. The summed E-state index contributed by atoms with van der Waals surface area (Å²) < 4.78 is 16.9. The molecule has 0 aromatic heterocycles. The molecule has 98 valence electrons. The van der Waals surface area contributed by atoms with Crippen molar-refractivity contribution in [3.05, 3.63) is 23.8 Å². The Bertz CT molecular complexity index is 445. The van der Waals surface area contributed by atoms with Gasteiger partial charge >= 0.3 is 0 Å². The average Bonchev–Trinajstić information content (AvgIpc) is 2.38. The van der Waals surface area contributed by atoms with Gasteiger partial charge in [0.1, 0.15) is 13.2 Å². The summed E-state index contributed by atoms with van der Waals surface area (Å²) in [5.74, 6) is 1.55. The molecule has 2 heterocycles. The number of hydrogen-bond acceptors (Lipinski definition) is 4. The molecule has 4 heteroatoms. The third kappa shape index (κ3) is 2.06.